The van der Waals surface area contributed by atoms with E-state index in [1.165, 1.54) is 19.3 Å². The van der Waals surface area contributed by atoms with E-state index in [-0.39, 0.29) is 17.4 Å². The molecule has 5 nitrogen and oxygen atoms in total. The van der Waals surface area contributed by atoms with Gasteiger partial charge in [0.05, 0.1) is 6.10 Å². The van der Waals surface area contributed by atoms with Crippen molar-refractivity contribution in [3.05, 3.63) is 17.5 Å². The summed E-state index contributed by atoms with van der Waals surface area (Å²) in [6, 6.07) is 2.03. The van der Waals surface area contributed by atoms with E-state index in [1.807, 2.05) is 6.07 Å². The quantitative estimate of drug-likeness (QED) is 0.903. The zero-order valence-electron chi connectivity index (χ0n) is 13.8. The second-order valence-corrected chi connectivity index (χ2v) is 7.39. The fraction of sp³-hybridized carbons (Fsp3) is 0.778. The number of amides is 1. The molecular formula is C18H26N2O3. The number of rotatable bonds is 5. The Hall–Kier alpha value is -1.36. The second-order valence-electron chi connectivity index (χ2n) is 7.39. The average Bonchev–Trinajstić information content (AvgIpc) is 3.31. The lowest BCUT2D eigenvalue weighted by Gasteiger charge is -2.57. The molecule has 0 saturated heterocycles. The molecule has 0 bridgehead atoms. The number of hydrogen-bond donors (Lipinski definition) is 1. The summed E-state index contributed by atoms with van der Waals surface area (Å²) in [5, 5.41) is 7.17. The molecule has 23 heavy (non-hydrogen) atoms. The van der Waals surface area contributed by atoms with Crippen molar-refractivity contribution in [2.75, 3.05) is 6.61 Å². The van der Waals surface area contributed by atoms with Crippen LogP contribution in [-0.4, -0.2) is 29.8 Å². The summed E-state index contributed by atoms with van der Waals surface area (Å²) in [6.45, 7) is 2.80. The van der Waals surface area contributed by atoms with E-state index in [4.69, 9.17) is 9.26 Å². The van der Waals surface area contributed by atoms with Gasteiger partial charge in [-0.1, -0.05) is 24.4 Å². The van der Waals surface area contributed by atoms with Gasteiger partial charge >= 0.3 is 0 Å². The third-order valence-electron chi connectivity index (χ3n) is 5.98. The highest BCUT2D eigenvalue weighted by molar-refractivity contribution is 5.92. The fourth-order valence-corrected chi connectivity index (χ4v) is 4.45. The molecule has 2 unspecified atom stereocenters. The van der Waals surface area contributed by atoms with E-state index in [0.717, 1.165) is 44.5 Å². The standard InChI is InChI=1S/C18H26N2O3/c1-2-22-16-11-15(18(16)8-4-3-5-9-18)19-17(21)13-10-14(23-20-13)12-6-7-12/h10,12,15-16H,2-9,11H2,1H3,(H,19,21). The molecule has 4 rings (SSSR count). The van der Waals surface area contributed by atoms with Gasteiger partial charge < -0.3 is 14.6 Å². The molecule has 1 aromatic heterocycles. The van der Waals surface area contributed by atoms with Crippen molar-refractivity contribution in [2.24, 2.45) is 5.41 Å². The number of hydrogen-bond acceptors (Lipinski definition) is 4. The second kappa shape index (κ2) is 5.93. The fourth-order valence-electron chi connectivity index (χ4n) is 4.45. The number of ether oxygens (including phenoxy) is 1. The Morgan fingerprint density at radius 3 is 2.87 bits per heavy atom. The van der Waals surface area contributed by atoms with Crippen molar-refractivity contribution in [3.8, 4) is 0 Å². The Kier molecular flexibility index (Phi) is 3.92. The van der Waals surface area contributed by atoms with Gasteiger partial charge in [0.25, 0.3) is 5.91 Å². The smallest absolute Gasteiger partial charge is 0.273 e. The van der Waals surface area contributed by atoms with Crippen LogP contribution in [0.1, 0.15) is 80.5 Å². The normalized spacial score (nSPS) is 29.3. The highest BCUT2D eigenvalue weighted by Gasteiger charge is 2.56. The van der Waals surface area contributed by atoms with Crippen LogP contribution < -0.4 is 5.32 Å². The summed E-state index contributed by atoms with van der Waals surface area (Å²) in [5.74, 6) is 1.26. The minimum Gasteiger partial charge on any atom is -0.378 e. The SMILES string of the molecule is CCOC1CC(NC(=O)c2cc(C3CC3)on2)C12CCCCC2. The van der Waals surface area contributed by atoms with E-state index < -0.39 is 0 Å². The highest BCUT2D eigenvalue weighted by atomic mass is 16.5. The predicted molar refractivity (Wildman–Crippen MR) is 85.3 cm³/mol. The maximum absolute atomic E-state index is 12.5. The number of nitrogens with one attached hydrogen (secondary N) is 1. The molecule has 1 N–H and O–H groups in total. The molecule has 5 heteroatoms. The topological polar surface area (TPSA) is 64.4 Å². The minimum atomic E-state index is -0.0921. The maximum Gasteiger partial charge on any atom is 0.273 e. The lowest BCUT2D eigenvalue weighted by Crippen LogP contribution is -2.65. The van der Waals surface area contributed by atoms with Crippen LogP contribution in [0.15, 0.2) is 10.6 Å². The summed E-state index contributed by atoms with van der Waals surface area (Å²) in [6.07, 6.45) is 9.64. The van der Waals surface area contributed by atoms with E-state index in [9.17, 15) is 4.79 Å². The first-order valence-electron chi connectivity index (χ1n) is 9.12. The van der Waals surface area contributed by atoms with Crippen LogP contribution in [0.2, 0.25) is 0 Å². The number of carbonyl (C=O) groups excluding carboxylic acids is 1. The van der Waals surface area contributed by atoms with Gasteiger partial charge in [-0.15, -0.1) is 0 Å². The highest BCUT2D eigenvalue weighted by Crippen LogP contribution is 2.53. The van der Waals surface area contributed by atoms with Crippen molar-refractivity contribution in [1.29, 1.82) is 0 Å². The van der Waals surface area contributed by atoms with E-state index in [1.54, 1.807) is 0 Å². The molecule has 2 atom stereocenters. The summed E-state index contributed by atoms with van der Waals surface area (Å²) >= 11 is 0. The van der Waals surface area contributed by atoms with Gasteiger partial charge in [0.2, 0.25) is 0 Å². The first-order valence-corrected chi connectivity index (χ1v) is 9.12. The zero-order valence-corrected chi connectivity index (χ0v) is 13.8. The molecule has 126 valence electrons. The van der Waals surface area contributed by atoms with E-state index in [0.29, 0.717) is 17.7 Å². The molecule has 0 aliphatic heterocycles. The molecule has 1 amide bonds. The van der Waals surface area contributed by atoms with Crippen LogP contribution in [0.4, 0.5) is 0 Å². The third kappa shape index (κ3) is 2.69. The van der Waals surface area contributed by atoms with Crippen LogP contribution in [0, 0.1) is 5.41 Å². The van der Waals surface area contributed by atoms with Crippen LogP contribution in [0.25, 0.3) is 0 Å². The molecule has 3 aliphatic carbocycles. The summed E-state index contributed by atoms with van der Waals surface area (Å²) in [7, 11) is 0. The Balaban J connectivity index is 1.43. The zero-order chi connectivity index (χ0) is 15.9. The summed E-state index contributed by atoms with van der Waals surface area (Å²) < 4.78 is 11.3. The molecule has 0 aromatic carbocycles. The largest absolute Gasteiger partial charge is 0.378 e. The number of nitrogens with zero attached hydrogens (tertiary/aromatic N) is 1. The van der Waals surface area contributed by atoms with Crippen molar-refractivity contribution in [2.45, 2.75) is 76.4 Å². The van der Waals surface area contributed by atoms with Crippen molar-refractivity contribution in [1.82, 2.24) is 10.5 Å². The minimum absolute atomic E-state index is 0.0921. The lowest BCUT2D eigenvalue weighted by molar-refractivity contribution is -0.147. The van der Waals surface area contributed by atoms with Gasteiger partial charge in [0.15, 0.2) is 5.69 Å². The average molecular weight is 318 g/mol. The first kappa shape index (κ1) is 15.2. The monoisotopic (exact) mass is 318 g/mol. The van der Waals surface area contributed by atoms with Gasteiger partial charge in [0, 0.05) is 30.0 Å². The van der Waals surface area contributed by atoms with E-state index in [2.05, 4.69) is 17.4 Å². The van der Waals surface area contributed by atoms with Gasteiger partial charge in [-0.3, -0.25) is 4.79 Å². The van der Waals surface area contributed by atoms with Crippen LogP contribution >= 0.6 is 0 Å². The van der Waals surface area contributed by atoms with Gasteiger partial charge in [0.1, 0.15) is 5.76 Å². The molecule has 1 spiro atoms. The Labute approximate surface area is 137 Å². The van der Waals surface area contributed by atoms with Crippen molar-refractivity contribution < 1.29 is 14.1 Å². The molecule has 3 aliphatic rings. The lowest BCUT2D eigenvalue weighted by atomic mass is 9.55. The van der Waals surface area contributed by atoms with Gasteiger partial charge in [-0.2, -0.15) is 0 Å². The number of carbonyl (C=O) groups is 1. The molecule has 3 saturated carbocycles. The Bertz CT molecular complexity index is 573. The van der Waals surface area contributed by atoms with Gasteiger partial charge in [-0.25, -0.2) is 0 Å². The van der Waals surface area contributed by atoms with Crippen LogP contribution in [0.3, 0.4) is 0 Å². The summed E-state index contributed by atoms with van der Waals surface area (Å²) in [4.78, 5) is 12.5. The molecule has 3 fully saturated rings. The first-order chi connectivity index (χ1) is 11.2. The predicted octanol–water partition coefficient (Wildman–Crippen LogP) is 3.41. The van der Waals surface area contributed by atoms with Crippen LogP contribution in [0.5, 0.6) is 0 Å². The van der Waals surface area contributed by atoms with Crippen molar-refractivity contribution >= 4 is 5.91 Å². The Morgan fingerprint density at radius 1 is 1.39 bits per heavy atom. The molecular weight excluding hydrogens is 292 g/mol. The Morgan fingerprint density at radius 2 is 2.17 bits per heavy atom. The molecule has 1 aromatic rings. The molecule has 0 radical (unpaired) electrons. The third-order valence-corrected chi connectivity index (χ3v) is 5.98. The van der Waals surface area contributed by atoms with Crippen molar-refractivity contribution in [3.63, 3.8) is 0 Å². The summed E-state index contributed by atoms with van der Waals surface area (Å²) in [5.41, 5.74) is 0.574. The number of aromatic nitrogens is 1. The van der Waals surface area contributed by atoms with Gasteiger partial charge in [-0.05, 0) is 39.0 Å². The maximum atomic E-state index is 12.5. The van der Waals surface area contributed by atoms with E-state index >= 15 is 0 Å². The molecule has 1 heterocycles. The van der Waals surface area contributed by atoms with Crippen LogP contribution in [-0.2, 0) is 4.74 Å².